The van der Waals surface area contributed by atoms with Crippen LogP contribution < -0.4 is 10.5 Å². The summed E-state index contributed by atoms with van der Waals surface area (Å²) in [5.74, 6) is -0.351. The Morgan fingerprint density at radius 1 is 1.53 bits per heavy atom. The van der Waals surface area contributed by atoms with Gasteiger partial charge >= 0.3 is 0 Å². The van der Waals surface area contributed by atoms with Gasteiger partial charge in [-0.2, -0.15) is 0 Å². The second-order valence-corrected chi connectivity index (χ2v) is 3.72. The fraction of sp³-hybridized carbons (Fsp3) is 0.400. The monoisotopic (exact) mass is 233 g/mol. The Labute approximate surface area is 92.6 Å². The molecule has 1 rings (SSSR count). The van der Waals surface area contributed by atoms with E-state index in [1.807, 2.05) is 0 Å². The first-order chi connectivity index (χ1) is 6.97. The highest BCUT2D eigenvalue weighted by molar-refractivity contribution is 6.30. The third-order valence-electron chi connectivity index (χ3n) is 2.09. The van der Waals surface area contributed by atoms with E-state index < -0.39 is 18.0 Å². The Balaban J connectivity index is 3.21. The van der Waals surface area contributed by atoms with E-state index in [-0.39, 0.29) is 10.8 Å². The van der Waals surface area contributed by atoms with Crippen molar-refractivity contribution in [3.05, 3.63) is 28.5 Å². The highest BCUT2D eigenvalue weighted by atomic mass is 35.5. The average Bonchev–Trinajstić information content (AvgIpc) is 2.20. The van der Waals surface area contributed by atoms with Crippen LogP contribution >= 0.6 is 11.6 Å². The summed E-state index contributed by atoms with van der Waals surface area (Å²) in [6.45, 7) is 1.64. The van der Waals surface area contributed by atoms with Crippen molar-refractivity contribution in [3.63, 3.8) is 0 Å². The standard InChI is InChI=1S/C10H13ClFNO2/c1-5(13)10(14)6-3-7(11)8(12)4-9(6)15-2/h3-5,10,14H,13H2,1-2H3. The number of nitrogens with two attached hydrogens (primary N) is 1. The zero-order valence-electron chi connectivity index (χ0n) is 8.50. The zero-order chi connectivity index (χ0) is 11.6. The first-order valence-electron chi connectivity index (χ1n) is 4.44. The molecule has 2 atom stereocenters. The third kappa shape index (κ3) is 2.59. The van der Waals surface area contributed by atoms with Crippen molar-refractivity contribution in [3.8, 4) is 5.75 Å². The largest absolute Gasteiger partial charge is 0.496 e. The number of hydrogen-bond donors (Lipinski definition) is 2. The second kappa shape index (κ2) is 4.79. The number of ether oxygens (including phenoxy) is 1. The summed E-state index contributed by atoms with van der Waals surface area (Å²) in [5.41, 5.74) is 5.93. The lowest BCUT2D eigenvalue weighted by Gasteiger charge is -2.18. The van der Waals surface area contributed by atoms with Crippen molar-refractivity contribution >= 4 is 11.6 Å². The van der Waals surface area contributed by atoms with Crippen molar-refractivity contribution in [2.24, 2.45) is 5.73 Å². The van der Waals surface area contributed by atoms with Crippen LogP contribution in [0.5, 0.6) is 5.75 Å². The van der Waals surface area contributed by atoms with Crippen LogP contribution in [0.4, 0.5) is 4.39 Å². The van der Waals surface area contributed by atoms with Gasteiger partial charge in [0.1, 0.15) is 11.6 Å². The summed E-state index contributed by atoms with van der Waals surface area (Å²) in [5, 5.41) is 9.67. The van der Waals surface area contributed by atoms with Crippen LogP contribution in [0.2, 0.25) is 5.02 Å². The minimum absolute atomic E-state index is 0.0644. The number of methoxy groups -OCH3 is 1. The van der Waals surface area contributed by atoms with Crippen LogP contribution in [0, 0.1) is 5.82 Å². The van der Waals surface area contributed by atoms with Gasteiger partial charge in [-0.1, -0.05) is 11.6 Å². The molecule has 0 radical (unpaired) electrons. The minimum Gasteiger partial charge on any atom is -0.496 e. The minimum atomic E-state index is -0.932. The molecular formula is C10H13ClFNO2. The van der Waals surface area contributed by atoms with Gasteiger partial charge < -0.3 is 15.6 Å². The predicted octanol–water partition coefficient (Wildman–Crippen LogP) is 1.87. The predicted molar refractivity (Wildman–Crippen MR) is 56.6 cm³/mol. The highest BCUT2D eigenvalue weighted by Crippen LogP contribution is 2.31. The van der Waals surface area contributed by atoms with Gasteiger partial charge in [0.05, 0.1) is 18.2 Å². The number of rotatable bonds is 3. The van der Waals surface area contributed by atoms with Crippen molar-refractivity contribution in [2.45, 2.75) is 19.1 Å². The van der Waals surface area contributed by atoms with Crippen molar-refractivity contribution in [1.82, 2.24) is 0 Å². The molecule has 5 heteroatoms. The molecule has 1 aromatic rings. The van der Waals surface area contributed by atoms with Crippen molar-refractivity contribution in [2.75, 3.05) is 7.11 Å². The van der Waals surface area contributed by atoms with Gasteiger partial charge in [-0.25, -0.2) is 4.39 Å². The van der Waals surface area contributed by atoms with Gasteiger partial charge in [0.25, 0.3) is 0 Å². The lowest BCUT2D eigenvalue weighted by molar-refractivity contribution is 0.149. The van der Waals surface area contributed by atoms with Crippen LogP contribution in [0.25, 0.3) is 0 Å². The quantitative estimate of drug-likeness (QED) is 0.838. The molecule has 0 aromatic heterocycles. The van der Waals surface area contributed by atoms with Gasteiger partial charge in [0.15, 0.2) is 0 Å². The summed E-state index contributed by atoms with van der Waals surface area (Å²) < 4.78 is 18.0. The molecule has 3 nitrogen and oxygen atoms in total. The van der Waals surface area contributed by atoms with Crippen LogP contribution in [-0.2, 0) is 0 Å². The van der Waals surface area contributed by atoms with E-state index >= 15 is 0 Å². The maximum Gasteiger partial charge on any atom is 0.145 e. The molecule has 0 aliphatic rings. The van der Waals surface area contributed by atoms with Gasteiger partial charge in [-0.3, -0.25) is 0 Å². The fourth-order valence-corrected chi connectivity index (χ4v) is 1.41. The van der Waals surface area contributed by atoms with Crippen LogP contribution in [0.15, 0.2) is 12.1 Å². The average molecular weight is 234 g/mol. The summed E-state index contributed by atoms with van der Waals surface area (Å²) in [6, 6.07) is 1.97. The smallest absolute Gasteiger partial charge is 0.145 e. The summed E-state index contributed by atoms with van der Waals surface area (Å²) in [6.07, 6.45) is -0.932. The maximum atomic E-state index is 13.1. The Kier molecular flexibility index (Phi) is 3.90. The third-order valence-corrected chi connectivity index (χ3v) is 2.38. The van der Waals surface area contributed by atoms with Gasteiger partial charge in [-0.15, -0.1) is 0 Å². The van der Waals surface area contributed by atoms with E-state index in [2.05, 4.69) is 0 Å². The van der Waals surface area contributed by atoms with Crippen molar-refractivity contribution in [1.29, 1.82) is 0 Å². The first-order valence-corrected chi connectivity index (χ1v) is 4.81. The Morgan fingerprint density at radius 3 is 2.60 bits per heavy atom. The molecule has 15 heavy (non-hydrogen) atoms. The second-order valence-electron chi connectivity index (χ2n) is 3.31. The Hall–Kier alpha value is -0.840. The molecule has 1 aromatic carbocycles. The van der Waals surface area contributed by atoms with E-state index in [0.29, 0.717) is 5.56 Å². The summed E-state index contributed by atoms with van der Waals surface area (Å²) in [4.78, 5) is 0. The van der Waals surface area contributed by atoms with Crippen LogP contribution in [0.1, 0.15) is 18.6 Å². The molecule has 0 spiro atoms. The topological polar surface area (TPSA) is 55.5 Å². The molecule has 3 N–H and O–H groups in total. The number of aliphatic hydroxyl groups is 1. The lowest BCUT2D eigenvalue weighted by Crippen LogP contribution is -2.24. The molecule has 0 saturated heterocycles. The van der Waals surface area contributed by atoms with E-state index in [4.69, 9.17) is 22.1 Å². The molecule has 0 aliphatic carbocycles. The number of aliphatic hydroxyl groups excluding tert-OH is 1. The van der Waals surface area contributed by atoms with Crippen LogP contribution in [-0.4, -0.2) is 18.3 Å². The number of halogens is 2. The van der Waals surface area contributed by atoms with E-state index in [1.54, 1.807) is 6.92 Å². The molecular weight excluding hydrogens is 221 g/mol. The van der Waals surface area contributed by atoms with E-state index in [9.17, 15) is 9.50 Å². The fourth-order valence-electron chi connectivity index (χ4n) is 1.24. The molecule has 0 amide bonds. The SMILES string of the molecule is COc1cc(F)c(Cl)cc1C(O)C(C)N. The number of hydrogen-bond acceptors (Lipinski definition) is 3. The zero-order valence-corrected chi connectivity index (χ0v) is 9.25. The summed E-state index contributed by atoms with van der Waals surface area (Å²) >= 11 is 5.61. The van der Waals surface area contributed by atoms with Crippen LogP contribution in [0.3, 0.4) is 0 Å². The molecule has 0 fully saturated rings. The first kappa shape index (κ1) is 12.2. The van der Waals surface area contributed by atoms with Gasteiger partial charge in [-0.05, 0) is 13.0 Å². The maximum absolute atomic E-state index is 13.1. The highest BCUT2D eigenvalue weighted by Gasteiger charge is 2.19. The van der Waals surface area contributed by atoms with E-state index in [0.717, 1.165) is 6.07 Å². The van der Waals surface area contributed by atoms with Gasteiger partial charge in [0.2, 0.25) is 0 Å². The molecule has 0 aliphatic heterocycles. The molecule has 0 bridgehead atoms. The Bertz CT molecular complexity index is 358. The Morgan fingerprint density at radius 2 is 2.13 bits per heavy atom. The van der Waals surface area contributed by atoms with Gasteiger partial charge in [0, 0.05) is 17.7 Å². The molecule has 0 heterocycles. The lowest BCUT2D eigenvalue weighted by atomic mass is 10.0. The molecule has 84 valence electrons. The molecule has 0 saturated carbocycles. The molecule has 2 unspecified atom stereocenters. The van der Waals surface area contributed by atoms with Crippen molar-refractivity contribution < 1.29 is 14.2 Å². The summed E-state index contributed by atoms with van der Waals surface area (Å²) in [7, 11) is 1.39. The number of benzene rings is 1. The van der Waals surface area contributed by atoms with E-state index in [1.165, 1.54) is 13.2 Å². The normalized spacial score (nSPS) is 14.8.